The first-order chi connectivity index (χ1) is 9.65. The lowest BCUT2D eigenvalue weighted by Gasteiger charge is -2.34. The monoisotopic (exact) mass is 275 g/mol. The van der Waals surface area contributed by atoms with Crippen LogP contribution in [0.2, 0.25) is 0 Å². The van der Waals surface area contributed by atoms with E-state index in [4.69, 9.17) is 4.98 Å². The highest BCUT2D eigenvalue weighted by Gasteiger charge is 2.22. The van der Waals surface area contributed by atoms with Gasteiger partial charge in [-0.15, -0.1) is 0 Å². The lowest BCUT2D eigenvalue weighted by Crippen LogP contribution is -2.35. The molecule has 20 heavy (non-hydrogen) atoms. The number of hydrogen-bond acceptors (Lipinski definition) is 3. The van der Waals surface area contributed by atoms with E-state index in [-0.39, 0.29) is 0 Å². The number of anilines is 1. The van der Waals surface area contributed by atoms with Gasteiger partial charge in [0, 0.05) is 30.9 Å². The van der Waals surface area contributed by atoms with Gasteiger partial charge in [-0.25, -0.2) is 4.98 Å². The zero-order valence-electron chi connectivity index (χ0n) is 13.5. The molecule has 0 aromatic carbocycles. The number of aryl methyl sites for hydroxylation is 2. The van der Waals surface area contributed by atoms with Gasteiger partial charge in [0.1, 0.15) is 5.82 Å². The zero-order chi connectivity index (χ0) is 14.5. The Morgan fingerprint density at radius 3 is 2.60 bits per heavy atom. The fraction of sp³-hybridized carbons (Fsp3) is 0.706. The Bertz CT molecular complexity index is 434. The molecular weight excluding hydrogens is 246 g/mol. The highest BCUT2D eigenvalue weighted by atomic mass is 15.2. The molecular formula is C17H29N3. The zero-order valence-corrected chi connectivity index (χ0v) is 13.5. The molecule has 0 atom stereocenters. The molecule has 1 saturated heterocycles. The van der Waals surface area contributed by atoms with Crippen LogP contribution in [0, 0.1) is 19.8 Å². The summed E-state index contributed by atoms with van der Waals surface area (Å²) in [6.45, 7) is 9.83. The average molecular weight is 275 g/mol. The standard InChI is InChI=1S/C17H29N3/c1-5-6-15-7-9-20(10-8-15)17-16(12-18-4)13(2)11-14(3)19-17/h11,15,18H,5-10,12H2,1-4H3. The number of rotatable bonds is 5. The van der Waals surface area contributed by atoms with E-state index in [0.29, 0.717) is 0 Å². The second-order valence-corrected chi connectivity index (χ2v) is 6.13. The predicted molar refractivity (Wildman–Crippen MR) is 86.3 cm³/mol. The van der Waals surface area contributed by atoms with E-state index in [2.05, 4.69) is 37.1 Å². The van der Waals surface area contributed by atoms with Crippen LogP contribution in [0.4, 0.5) is 5.82 Å². The second kappa shape index (κ2) is 7.07. The van der Waals surface area contributed by atoms with Gasteiger partial charge in [-0.05, 0) is 51.3 Å². The quantitative estimate of drug-likeness (QED) is 0.892. The molecule has 0 aliphatic carbocycles. The third kappa shape index (κ3) is 3.51. The fourth-order valence-electron chi connectivity index (χ4n) is 3.34. The highest BCUT2D eigenvalue weighted by molar-refractivity contribution is 5.52. The Labute approximate surface area is 123 Å². The molecule has 0 radical (unpaired) electrons. The van der Waals surface area contributed by atoms with Crippen molar-refractivity contribution in [2.75, 3.05) is 25.0 Å². The number of nitrogens with one attached hydrogen (secondary N) is 1. The van der Waals surface area contributed by atoms with Gasteiger partial charge >= 0.3 is 0 Å². The van der Waals surface area contributed by atoms with E-state index >= 15 is 0 Å². The molecule has 2 rings (SSSR count). The third-order valence-corrected chi connectivity index (χ3v) is 4.42. The van der Waals surface area contributed by atoms with Gasteiger partial charge in [0.15, 0.2) is 0 Å². The van der Waals surface area contributed by atoms with Crippen molar-refractivity contribution in [1.82, 2.24) is 10.3 Å². The van der Waals surface area contributed by atoms with Crippen molar-refractivity contribution < 1.29 is 0 Å². The molecule has 0 spiro atoms. The lowest BCUT2D eigenvalue weighted by atomic mass is 9.92. The van der Waals surface area contributed by atoms with Crippen molar-refractivity contribution in [3.05, 3.63) is 22.9 Å². The molecule has 1 aromatic rings. The smallest absolute Gasteiger partial charge is 0.133 e. The number of pyridine rings is 1. The van der Waals surface area contributed by atoms with Gasteiger partial charge in [-0.2, -0.15) is 0 Å². The summed E-state index contributed by atoms with van der Waals surface area (Å²) in [5.41, 5.74) is 3.86. The summed E-state index contributed by atoms with van der Waals surface area (Å²) in [4.78, 5) is 7.33. The molecule has 1 aromatic heterocycles. The molecule has 1 fully saturated rings. The first-order valence-corrected chi connectivity index (χ1v) is 8.02. The summed E-state index contributed by atoms with van der Waals surface area (Å²) in [6, 6.07) is 2.19. The predicted octanol–water partition coefficient (Wildman–Crippen LogP) is 3.43. The van der Waals surface area contributed by atoms with Crippen LogP contribution in [-0.4, -0.2) is 25.1 Å². The maximum atomic E-state index is 4.83. The van der Waals surface area contributed by atoms with Gasteiger partial charge in [0.2, 0.25) is 0 Å². The largest absolute Gasteiger partial charge is 0.356 e. The van der Waals surface area contributed by atoms with E-state index in [1.54, 1.807) is 0 Å². The van der Waals surface area contributed by atoms with Gasteiger partial charge in [-0.1, -0.05) is 19.8 Å². The number of hydrogen-bond donors (Lipinski definition) is 1. The SMILES string of the molecule is CCCC1CCN(c2nc(C)cc(C)c2CNC)CC1. The maximum Gasteiger partial charge on any atom is 0.133 e. The van der Waals surface area contributed by atoms with Crippen LogP contribution < -0.4 is 10.2 Å². The van der Waals surface area contributed by atoms with Crippen LogP contribution in [0.1, 0.15) is 49.4 Å². The van der Waals surface area contributed by atoms with Gasteiger partial charge in [-0.3, -0.25) is 0 Å². The third-order valence-electron chi connectivity index (χ3n) is 4.42. The Morgan fingerprint density at radius 1 is 1.30 bits per heavy atom. The fourth-order valence-corrected chi connectivity index (χ4v) is 3.34. The number of nitrogens with zero attached hydrogens (tertiary/aromatic N) is 2. The van der Waals surface area contributed by atoms with E-state index < -0.39 is 0 Å². The normalized spacial score (nSPS) is 16.7. The molecule has 0 bridgehead atoms. The molecule has 112 valence electrons. The maximum absolute atomic E-state index is 4.83. The summed E-state index contributed by atoms with van der Waals surface area (Å²) >= 11 is 0. The van der Waals surface area contributed by atoms with Gasteiger partial charge < -0.3 is 10.2 Å². The molecule has 0 saturated carbocycles. The van der Waals surface area contributed by atoms with E-state index in [0.717, 1.165) is 31.2 Å². The van der Waals surface area contributed by atoms with Crippen LogP contribution in [-0.2, 0) is 6.54 Å². The summed E-state index contributed by atoms with van der Waals surface area (Å²) < 4.78 is 0. The van der Waals surface area contributed by atoms with Crippen LogP contribution in [0.15, 0.2) is 6.07 Å². The highest BCUT2D eigenvalue weighted by Crippen LogP contribution is 2.28. The van der Waals surface area contributed by atoms with Crippen molar-refractivity contribution >= 4 is 5.82 Å². The minimum Gasteiger partial charge on any atom is -0.356 e. The van der Waals surface area contributed by atoms with E-state index in [9.17, 15) is 0 Å². The molecule has 0 amide bonds. The molecule has 1 aliphatic rings. The molecule has 1 N–H and O–H groups in total. The van der Waals surface area contributed by atoms with Crippen LogP contribution in [0.3, 0.4) is 0 Å². The first kappa shape index (κ1) is 15.3. The Morgan fingerprint density at radius 2 is 2.00 bits per heavy atom. The van der Waals surface area contributed by atoms with E-state index in [1.165, 1.54) is 42.6 Å². The lowest BCUT2D eigenvalue weighted by molar-refractivity contribution is 0.377. The number of aromatic nitrogens is 1. The molecule has 0 unspecified atom stereocenters. The summed E-state index contributed by atoms with van der Waals surface area (Å²) in [5, 5.41) is 3.29. The van der Waals surface area contributed by atoms with Crippen molar-refractivity contribution in [1.29, 1.82) is 0 Å². The van der Waals surface area contributed by atoms with Crippen molar-refractivity contribution in [2.45, 2.75) is 53.0 Å². The molecule has 2 heterocycles. The van der Waals surface area contributed by atoms with Crippen LogP contribution in [0.5, 0.6) is 0 Å². The van der Waals surface area contributed by atoms with Crippen LogP contribution >= 0.6 is 0 Å². The summed E-state index contributed by atoms with van der Waals surface area (Å²) in [7, 11) is 2.01. The average Bonchev–Trinajstić information content (AvgIpc) is 2.43. The Hall–Kier alpha value is -1.09. The minimum atomic E-state index is 0.906. The molecule has 3 nitrogen and oxygen atoms in total. The second-order valence-electron chi connectivity index (χ2n) is 6.13. The summed E-state index contributed by atoms with van der Waals surface area (Å²) in [5.74, 6) is 2.14. The van der Waals surface area contributed by atoms with Crippen LogP contribution in [0.25, 0.3) is 0 Å². The van der Waals surface area contributed by atoms with Crippen molar-refractivity contribution in [3.8, 4) is 0 Å². The number of piperidine rings is 1. The Kier molecular flexibility index (Phi) is 5.41. The first-order valence-electron chi connectivity index (χ1n) is 8.02. The Balaban J connectivity index is 2.16. The van der Waals surface area contributed by atoms with E-state index in [1.807, 2.05) is 7.05 Å². The van der Waals surface area contributed by atoms with Gasteiger partial charge in [0.25, 0.3) is 0 Å². The summed E-state index contributed by atoms with van der Waals surface area (Å²) in [6.07, 6.45) is 5.35. The molecule has 1 aliphatic heterocycles. The molecule has 3 heteroatoms. The van der Waals surface area contributed by atoms with Gasteiger partial charge in [0.05, 0.1) is 0 Å². The van der Waals surface area contributed by atoms with Crippen molar-refractivity contribution in [3.63, 3.8) is 0 Å². The topological polar surface area (TPSA) is 28.2 Å². The van der Waals surface area contributed by atoms with Crippen molar-refractivity contribution in [2.24, 2.45) is 5.92 Å². The minimum absolute atomic E-state index is 0.906.